The SMILES string of the molecule is CCc1ccccc1Oc1ccc(CN(C)C(=O)c2cn(CC)c3cc(N4CCN(C(=O)OC(C)(C)C)CC4)c(F)cc3c2=O)c(Cl)c1. The fourth-order valence-electron chi connectivity index (χ4n) is 5.79. The second-order valence-electron chi connectivity index (χ2n) is 12.9. The van der Waals surface area contributed by atoms with Gasteiger partial charge >= 0.3 is 6.09 Å². The Morgan fingerprint density at radius 2 is 1.69 bits per heavy atom. The van der Waals surface area contributed by atoms with Crippen LogP contribution in [-0.4, -0.2) is 65.2 Å². The molecule has 5 rings (SSSR count). The van der Waals surface area contributed by atoms with Gasteiger partial charge in [0.25, 0.3) is 5.91 Å². The van der Waals surface area contributed by atoms with E-state index in [4.69, 9.17) is 21.1 Å². The van der Waals surface area contributed by atoms with E-state index in [0.717, 1.165) is 17.7 Å². The van der Waals surface area contributed by atoms with E-state index >= 15 is 4.39 Å². The highest BCUT2D eigenvalue weighted by molar-refractivity contribution is 6.31. The quantitative estimate of drug-likeness (QED) is 0.192. The van der Waals surface area contributed by atoms with Gasteiger partial charge < -0.3 is 28.7 Å². The van der Waals surface area contributed by atoms with Gasteiger partial charge in [-0.3, -0.25) is 9.59 Å². The highest BCUT2D eigenvalue weighted by Crippen LogP contribution is 2.31. The number of para-hydroxylation sites is 1. The minimum absolute atomic E-state index is 0.0581. The second kappa shape index (κ2) is 14.3. The number of carbonyl (C=O) groups excluding carboxylic acids is 2. The Bertz CT molecular complexity index is 1900. The number of pyridine rings is 1. The van der Waals surface area contributed by atoms with Crippen molar-refractivity contribution in [3.05, 3.63) is 98.5 Å². The number of rotatable bonds is 8. The molecule has 1 aliphatic heterocycles. The number of hydrogen-bond donors (Lipinski definition) is 0. The molecule has 1 saturated heterocycles. The summed E-state index contributed by atoms with van der Waals surface area (Å²) in [6, 6.07) is 16.0. The molecule has 0 spiro atoms. The molecule has 0 N–H and O–H groups in total. The summed E-state index contributed by atoms with van der Waals surface area (Å²) in [6.07, 6.45) is 1.96. The fourth-order valence-corrected chi connectivity index (χ4v) is 6.02. The van der Waals surface area contributed by atoms with E-state index in [9.17, 15) is 14.4 Å². The number of anilines is 1. The topological polar surface area (TPSA) is 84.3 Å². The van der Waals surface area contributed by atoms with Gasteiger partial charge in [0.1, 0.15) is 28.5 Å². The molecule has 2 heterocycles. The van der Waals surface area contributed by atoms with Crippen LogP contribution in [0.4, 0.5) is 14.9 Å². The number of piperazine rings is 1. The van der Waals surface area contributed by atoms with Crippen LogP contribution in [-0.2, 0) is 24.2 Å². The van der Waals surface area contributed by atoms with E-state index in [2.05, 4.69) is 6.92 Å². The Morgan fingerprint density at radius 1 is 0.979 bits per heavy atom. The molecule has 11 heteroatoms. The van der Waals surface area contributed by atoms with E-state index in [0.29, 0.717) is 60.3 Å². The predicted molar refractivity (Wildman–Crippen MR) is 187 cm³/mol. The van der Waals surface area contributed by atoms with Crippen LogP contribution in [0, 0.1) is 5.82 Å². The third-order valence-electron chi connectivity index (χ3n) is 8.35. The predicted octanol–water partition coefficient (Wildman–Crippen LogP) is 7.50. The lowest BCUT2D eigenvalue weighted by atomic mass is 10.1. The summed E-state index contributed by atoms with van der Waals surface area (Å²) >= 11 is 6.61. The maximum atomic E-state index is 15.6. The van der Waals surface area contributed by atoms with Crippen LogP contribution in [0.15, 0.2) is 65.6 Å². The van der Waals surface area contributed by atoms with Crippen molar-refractivity contribution >= 4 is 40.2 Å². The van der Waals surface area contributed by atoms with E-state index in [1.807, 2.05) is 56.9 Å². The highest BCUT2D eigenvalue weighted by Gasteiger charge is 2.28. The molecule has 1 aliphatic rings. The zero-order valence-electron chi connectivity index (χ0n) is 28.3. The van der Waals surface area contributed by atoms with Crippen molar-refractivity contribution in [3.8, 4) is 11.5 Å². The van der Waals surface area contributed by atoms with Crippen molar-refractivity contribution in [1.29, 1.82) is 0 Å². The van der Waals surface area contributed by atoms with Crippen LogP contribution >= 0.6 is 11.6 Å². The molecular weight excluding hydrogens is 635 g/mol. The van der Waals surface area contributed by atoms with Gasteiger partial charge in [0, 0.05) is 62.9 Å². The Morgan fingerprint density at radius 3 is 2.33 bits per heavy atom. The summed E-state index contributed by atoms with van der Waals surface area (Å²) < 4.78 is 28.9. The molecule has 2 amide bonds. The Hall–Kier alpha value is -4.57. The van der Waals surface area contributed by atoms with Crippen LogP contribution in [0.3, 0.4) is 0 Å². The summed E-state index contributed by atoms with van der Waals surface area (Å²) in [5.74, 6) is 0.260. The van der Waals surface area contributed by atoms with Crippen molar-refractivity contribution in [1.82, 2.24) is 14.4 Å². The highest BCUT2D eigenvalue weighted by atomic mass is 35.5. The van der Waals surface area contributed by atoms with Gasteiger partial charge in [0.15, 0.2) is 0 Å². The normalized spacial score (nSPS) is 13.5. The number of carbonyl (C=O) groups is 2. The number of aryl methyl sites for hydroxylation is 2. The number of halogens is 2. The minimum Gasteiger partial charge on any atom is -0.457 e. The lowest BCUT2D eigenvalue weighted by Crippen LogP contribution is -2.50. The molecule has 1 aromatic heterocycles. The average molecular weight is 677 g/mol. The first-order chi connectivity index (χ1) is 22.8. The van der Waals surface area contributed by atoms with Crippen LogP contribution in [0.1, 0.15) is 56.1 Å². The van der Waals surface area contributed by atoms with Gasteiger partial charge in [-0.05, 0) is 75.6 Å². The summed E-state index contributed by atoms with van der Waals surface area (Å²) in [7, 11) is 1.60. The molecular formula is C37H42ClFN4O5. The number of nitrogens with zero attached hydrogens (tertiary/aromatic N) is 4. The molecule has 0 unspecified atom stereocenters. The van der Waals surface area contributed by atoms with Crippen LogP contribution in [0.2, 0.25) is 5.02 Å². The van der Waals surface area contributed by atoms with Crippen molar-refractivity contribution in [2.24, 2.45) is 0 Å². The Kier molecular flexibility index (Phi) is 10.3. The van der Waals surface area contributed by atoms with Crippen LogP contribution in [0.5, 0.6) is 11.5 Å². The molecule has 3 aromatic carbocycles. The smallest absolute Gasteiger partial charge is 0.410 e. The molecule has 48 heavy (non-hydrogen) atoms. The summed E-state index contributed by atoms with van der Waals surface area (Å²) in [4.78, 5) is 44.7. The van der Waals surface area contributed by atoms with Crippen molar-refractivity contribution < 1.29 is 23.5 Å². The summed E-state index contributed by atoms with van der Waals surface area (Å²) in [5, 5.41) is 0.545. The number of aromatic nitrogens is 1. The van der Waals surface area contributed by atoms with Gasteiger partial charge in [0.2, 0.25) is 5.43 Å². The molecule has 254 valence electrons. The fraction of sp³-hybridized carbons (Fsp3) is 0.378. The Balaban J connectivity index is 1.34. The standard InChI is InChI=1S/C37H42ClFN4O5/c1-7-24-11-9-10-12-33(24)47-26-14-13-25(29(38)19-26)22-40(6)35(45)28-23-41(8-2)31-21-32(30(39)20-27(31)34(28)44)42-15-17-43(18-16-42)36(46)48-37(3,4)5/h9-14,19-21,23H,7-8,15-18,22H2,1-6H3. The number of amides is 2. The molecule has 0 radical (unpaired) electrons. The van der Waals surface area contributed by atoms with E-state index in [1.54, 1.807) is 40.8 Å². The molecule has 0 aliphatic carbocycles. The number of fused-ring (bicyclic) bond motifs is 1. The Labute approximate surface area is 285 Å². The van der Waals surface area contributed by atoms with Crippen molar-refractivity contribution in [3.63, 3.8) is 0 Å². The molecule has 4 aromatic rings. The van der Waals surface area contributed by atoms with Crippen molar-refractivity contribution in [2.75, 3.05) is 38.1 Å². The number of hydrogen-bond acceptors (Lipinski definition) is 6. The molecule has 9 nitrogen and oxygen atoms in total. The van der Waals surface area contributed by atoms with Gasteiger partial charge in [-0.1, -0.05) is 42.8 Å². The molecule has 0 saturated carbocycles. The van der Waals surface area contributed by atoms with Gasteiger partial charge in [-0.25, -0.2) is 9.18 Å². The lowest BCUT2D eigenvalue weighted by molar-refractivity contribution is 0.0240. The zero-order chi connectivity index (χ0) is 34.7. The van der Waals surface area contributed by atoms with Crippen LogP contribution in [0.25, 0.3) is 10.9 Å². The van der Waals surface area contributed by atoms with E-state index < -0.39 is 28.8 Å². The van der Waals surface area contributed by atoms with E-state index in [1.165, 1.54) is 17.2 Å². The van der Waals surface area contributed by atoms with Gasteiger partial charge in [0.05, 0.1) is 11.2 Å². The molecule has 1 fully saturated rings. The third-order valence-corrected chi connectivity index (χ3v) is 8.70. The molecule has 0 atom stereocenters. The largest absolute Gasteiger partial charge is 0.457 e. The first-order valence-corrected chi connectivity index (χ1v) is 16.6. The summed E-state index contributed by atoms with van der Waals surface area (Å²) in [6.45, 7) is 11.6. The van der Waals surface area contributed by atoms with Gasteiger partial charge in [-0.15, -0.1) is 0 Å². The first-order valence-electron chi connectivity index (χ1n) is 16.2. The lowest BCUT2D eigenvalue weighted by Gasteiger charge is -2.37. The minimum atomic E-state index is -0.604. The number of benzene rings is 3. The number of ether oxygens (including phenoxy) is 2. The van der Waals surface area contributed by atoms with E-state index in [-0.39, 0.29) is 17.5 Å². The maximum Gasteiger partial charge on any atom is 0.410 e. The zero-order valence-corrected chi connectivity index (χ0v) is 29.1. The first kappa shape index (κ1) is 34.8. The maximum absolute atomic E-state index is 15.6. The van der Waals surface area contributed by atoms with Gasteiger partial charge in [-0.2, -0.15) is 0 Å². The van der Waals surface area contributed by atoms with Crippen LogP contribution < -0.4 is 15.1 Å². The average Bonchev–Trinajstić information content (AvgIpc) is 3.05. The third kappa shape index (κ3) is 7.59. The summed E-state index contributed by atoms with van der Waals surface area (Å²) in [5.41, 5.74) is 1.41. The monoisotopic (exact) mass is 676 g/mol. The molecule has 0 bridgehead atoms. The second-order valence-corrected chi connectivity index (χ2v) is 13.3. The van der Waals surface area contributed by atoms with Crippen molar-refractivity contribution in [2.45, 2.75) is 59.7 Å².